The number of hydrogen-bond donors (Lipinski definition) is 2. The number of fused-ring (bicyclic) bond motifs is 1. The average molecular weight is 487 g/mol. The third kappa shape index (κ3) is 4.47. The molecular weight excluding hydrogens is 463 g/mol. The Morgan fingerprint density at radius 1 is 1.17 bits per heavy atom. The zero-order chi connectivity index (χ0) is 24.7. The summed E-state index contributed by atoms with van der Waals surface area (Å²) in [6.45, 7) is 0. The minimum absolute atomic E-state index is 0.0487. The van der Waals surface area contributed by atoms with Crippen LogP contribution in [-0.4, -0.2) is 42.7 Å². The summed E-state index contributed by atoms with van der Waals surface area (Å²) < 4.78 is 49.4. The first-order valence-electron chi connectivity index (χ1n) is 11.2. The van der Waals surface area contributed by atoms with Crippen LogP contribution >= 0.6 is 0 Å². The Bertz CT molecular complexity index is 1410. The van der Waals surface area contributed by atoms with Gasteiger partial charge in [0.2, 0.25) is 5.56 Å². The zero-order valence-electron chi connectivity index (χ0n) is 19.1. The molecule has 4 aromatic rings. The van der Waals surface area contributed by atoms with Crippen LogP contribution in [0.4, 0.5) is 19.0 Å². The van der Waals surface area contributed by atoms with Crippen LogP contribution in [0.5, 0.6) is 5.75 Å². The molecule has 5 rings (SSSR count). The molecule has 1 aliphatic carbocycles. The first kappa shape index (κ1) is 22.9. The largest absolute Gasteiger partial charge is 0.488 e. The molecule has 35 heavy (non-hydrogen) atoms. The first-order chi connectivity index (χ1) is 16.7. The van der Waals surface area contributed by atoms with Crippen molar-refractivity contribution in [2.45, 2.75) is 44.0 Å². The lowest BCUT2D eigenvalue weighted by molar-refractivity contribution is -0.143. The number of alkyl halides is 3. The molecule has 0 saturated heterocycles. The molecule has 9 nitrogen and oxygen atoms in total. The Morgan fingerprint density at radius 2 is 1.94 bits per heavy atom. The van der Waals surface area contributed by atoms with Crippen LogP contribution in [0.25, 0.3) is 22.2 Å². The number of nitrogens with one attached hydrogen (secondary N) is 2. The Balaban J connectivity index is 1.39. The van der Waals surface area contributed by atoms with E-state index in [0.29, 0.717) is 31.5 Å². The smallest absolute Gasteiger partial charge is 0.435 e. The van der Waals surface area contributed by atoms with Crippen LogP contribution in [0.1, 0.15) is 37.4 Å². The van der Waals surface area contributed by atoms with E-state index in [9.17, 15) is 18.0 Å². The molecule has 0 atom stereocenters. The maximum absolute atomic E-state index is 13.3. The highest BCUT2D eigenvalue weighted by atomic mass is 19.4. The summed E-state index contributed by atoms with van der Waals surface area (Å²) in [5.41, 5.74) is 0.611. The molecule has 0 amide bonds. The molecule has 0 spiro atoms. The number of ether oxygens (including phenoxy) is 1. The zero-order valence-corrected chi connectivity index (χ0v) is 19.1. The van der Waals surface area contributed by atoms with Gasteiger partial charge in [0.1, 0.15) is 17.3 Å². The van der Waals surface area contributed by atoms with Crippen LogP contribution in [0, 0.1) is 0 Å². The topological polar surface area (TPSA) is 103 Å². The van der Waals surface area contributed by atoms with E-state index in [1.165, 1.54) is 0 Å². The third-order valence-electron chi connectivity index (χ3n) is 6.27. The van der Waals surface area contributed by atoms with E-state index in [2.05, 4.69) is 15.4 Å². The van der Waals surface area contributed by atoms with E-state index in [1.807, 2.05) is 29.0 Å². The molecular formula is C23H24F3N7O2. The maximum atomic E-state index is 13.3. The fourth-order valence-corrected chi connectivity index (χ4v) is 4.56. The second-order valence-electron chi connectivity index (χ2n) is 8.64. The number of halogens is 3. The molecule has 4 aromatic heterocycles. The van der Waals surface area contributed by atoms with Crippen molar-refractivity contribution in [3.63, 3.8) is 0 Å². The van der Waals surface area contributed by atoms with Crippen LogP contribution in [-0.2, 0) is 13.2 Å². The fourth-order valence-electron chi connectivity index (χ4n) is 4.56. The SMILES string of the molecule is CNc1cc2c(cn1)c(-c1cnn(C)c1)nn2C1CCC(Oc2ccc(=O)[nH]c2C(F)(F)F)CC1. The van der Waals surface area contributed by atoms with Gasteiger partial charge < -0.3 is 15.0 Å². The van der Waals surface area contributed by atoms with Crippen molar-refractivity contribution in [1.82, 2.24) is 29.5 Å². The molecule has 1 saturated carbocycles. The normalized spacial score (nSPS) is 18.7. The van der Waals surface area contributed by atoms with Crippen molar-refractivity contribution in [2.24, 2.45) is 7.05 Å². The minimum Gasteiger partial charge on any atom is -0.488 e. The first-order valence-corrected chi connectivity index (χ1v) is 11.2. The second-order valence-corrected chi connectivity index (χ2v) is 8.64. The molecule has 1 fully saturated rings. The standard InChI is InChI=1S/C23H24F3N7O2/c1-27-19-9-17-16(11-28-19)21(13-10-29-32(2)12-13)31-33(17)14-3-5-15(6-4-14)35-18-7-8-20(34)30-22(18)23(24,25)26/h7-12,14-15H,3-6H2,1-2H3,(H,27,28)(H,30,34). The van der Waals surface area contributed by atoms with Gasteiger partial charge in [-0.2, -0.15) is 23.4 Å². The number of anilines is 1. The maximum Gasteiger partial charge on any atom is 0.435 e. The molecule has 2 N–H and O–H groups in total. The number of nitrogens with zero attached hydrogens (tertiary/aromatic N) is 5. The molecule has 0 aromatic carbocycles. The summed E-state index contributed by atoms with van der Waals surface area (Å²) in [6, 6.07) is 4.12. The predicted octanol–water partition coefficient (Wildman–Crippen LogP) is 4.14. The number of aryl methyl sites for hydroxylation is 1. The van der Waals surface area contributed by atoms with Crippen LogP contribution in [0.15, 0.2) is 41.6 Å². The van der Waals surface area contributed by atoms with E-state index >= 15 is 0 Å². The van der Waals surface area contributed by atoms with Gasteiger partial charge in [0.25, 0.3) is 0 Å². The van der Waals surface area contributed by atoms with E-state index in [1.54, 1.807) is 24.1 Å². The van der Waals surface area contributed by atoms with Crippen LogP contribution in [0.2, 0.25) is 0 Å². The molecule has 0 aliphatic heterocycles. The van der Waals surface area contributed by atoms with Gasteiger partial charge in [-0.25, -0.2) is 4.98 Å². The van der Waals surface area contributed by atoms with E-state index in [-0.39, 0.29) is 11.8 Å². The molecule has 0 unspecified atom stereocenters. The lowest BCUT2D eigenvalue weighted by Crippen LogP contribution is -2.28. The predicted molar refractivity (Wildman–Crippen MR) is 123 cm³/mol. The van der Waals surface area contributed by atoms with Gasteiger partial charge in [-0.05, 0) is 31.7 Å². The number of hydrogen-bond acceptors (Lipinski definition) is 6. The summed E-state index contributed by atoms with van der Waals surface area (Å²) in [6.07, 6.45) is 2.79. The Labute approximate surface area is 197 Å². The summed E-state index contributed by atoms with van der Waals surface area (Å²) in [5, 5.41) is 13.1. The third-order valence-corrected chi connectivity index (χ3v) is 6.27. The highest BCUT2D eigenvalue weighted by Gasteiger charge is 2.37. The van der Waals surface area contributed by atoms with Gasteiger partial charge in [-0.15, -0.1) is 0 Å². The van der Waals surface area contributed by atoms with Crippen molar-refractivity contribution in [1.29, 1.82) is 0 Å². The van der Waals surface area contributed by atoms with Gasteiger partial charge in [0.05, 0.1) is 23.9 Å². The molecule has 12 heteroatoms. The number of H-pyrrole nitrogens is 1. The van der Waals surface area contributed by atoms with Crippen LogP contribution < -0.4 is 15.6 Å². The number of aromatic nitrogens is 6. The van der Waals surface area contributed by atoms with Gasteiger partial charge in [-0.1, -0.05) is 0 Å². The van der Waals surface area contributed by atoms with E-state index in [4.69, 9.17) is 9.84 Å². The second kappa shape index (κ2) is 8.75. The van der Waals surface area contributed by atoms with Crippen molar-refractivity contribution in [3.8, 4) is 17.0 Å². The van der Waals surface area contributed by atoms with E-state index in [0.717, 1.165) is 34.3 Å². The van der Waals surface area contributed by atoms with Gasteiger partial charge in [0, 0.05) is 49.6 Å². The lowest BCUT2D eigenvalue weighted by Gasteiger charge is -2.30. The Morgan fingerprint density at radius 3 is 2.60 bits per heavy atom. The fraction of sp³-hybridized carbons (Fsp3) is 0.391. The molecule has 0 bridgehead atoms. The average Bonchev–Trinajstić information content (AvgIpc) is 3.43. The van der Waals surface area contributed by atoms with Crippen molar-refractivity contribution < 1.29 is 17.9 Å². The quantitative estimate of drug-likeness (QED) is 0.439. The Hall–Kier alpha value is -3.83. The molecule has 4 heterocycles. The highest BCUT2D eigenvalue weighted by Crippen LogP contribution is 2.38. The van der Waals surface area contributed by atoms with Gasteiger partial charge in [0.15, 0.2) is 5.69 Å². The molecule has 0 radical (unpaired) electrons. The van der Waals surface area contributed by atoms with Crippen LogP contribution in [0.3, 0.4) is 0 Å². The summed E-state index contributed by atoms with van der Waals surface area (Å²) in [7, 11) is 3.64. The van der Waals surface area contributed by atoms with Crippen molar-refractivity contribution >= 4 is 16.7 Å². The van der Waals surface area contributed by atoms with Gasteiger partial charge >= 0.3 is 6.18 Å². The summed E-state index contributed by atoms with van der Waals surface area (Å²) >= 11 is 0. The number of pyridine rings is 2. The highest BCUT2D eigenvalue weighted by molar-refractivity contribution is 5.93. The van der Waals surface area contributed by atoms with Crippen molar-refractivity contribution in [2.75, 3.05) is 12.4 Å². The Kier molecular flexibility index (Phi) is 5.73. The molecule has 184 valence electrons. The minimum atomic E-state index is -4.71. The monoisotopic (exact) mass is 487 g/mol. The lowest BCUT2D eigenvalue weighted by atomic mass is 9.93. The summed E-state index contributed by atoms with van der Waals surface area (Å²) in [4.78, 5) is 17.7. The van der Waals surface area contributed by atoms with Gasteiger partial charge in [-0.3, -0.25) is 14.2 Å². The number of aromatic amines is 1. The van der Waals surface area contributed by atoms with Crippen molar-refractivity contribution in [3.05, 3.63) is 52.8 Å². The molecule has 1 aliphatic rings. The summed E-state index contributed by atoms with van der Waals surface area (Å²) in [5.74, 6) is 0.361. The number of rotatable bonds is 5. The van der Waals surface area contributed by atoms with E-state index < -0.39 is 23.5 Å².